The number of hydrazine groups is 1. The van der Waals surface area contributed by atoms with Gasteiger partial charge in [0.25, 0.3) is 17.7 Å². The molecule has 1 saturated carbocycles. The molecule has 0 unspecified atom stereocenters. The van der Waals surface area contributed by atoms with Crippen molar-refractivity contribution in [3.05, 3.63) is 42.2 Å². The first-order chi connectivity index (χ1) is 10.5. The summed E-state index contributed by atoms with van der Waals surface area (Å²) in [4.78, 5) is 41.4. The molecule has 2 fully saturated rings. The first kappa shape index (κ1) is 13.2. The van der Waals surface area contributed by atoms with E-state index in [9.17, 15) is 14.4 Å². The Bertz CT molecular complexity index is 715. The monoisotopic (exact) mass is 297 g/mol. The summed E-state index contributed by atoms with van der Waals surface area (Å²) in [5.74, 6) is -1.25. The molecule has 1 saturated heterocycles. The van der Waals surface area contributed by atoms with Gasteiger partial charge >= 0.3 is 0 Å². The summed E-state index contributed by atoms with van der Waals surface area (Å²) in [6.07, 6.45) is 7.88. The highest BCUT2D eigenvalue weighted by atomic mass is 16.2. The van der Waals surface area contributed by atoms with Crippen LogP contribution >= 0.6 is 0 Å². The van der Waals surface area contributed by atoms with E-state index in [-0.39, 0.29) is 29.6 Å². The summed E-state index contributed by atoms with van der Waals surface area (Å²) in [6, 6.07) is 3.07. The second kappa shape index (κ2) is 4.25. The van der Waals surface area contributed by atoms with E-state index in [4.69, 9.17) is 0 Å². The van der Waals surface area contributed by atoms with Crippen molar-refractivity contribution in [1.82, 2.24) is 15.4 Å². The smallest absolute Gasteiger partial charge is 0.270 e. The molecule has 6 nitrogen and oxygen atoms in total. The molecule has 3 amide bonds. The number of imide groups is 1. The van der Waals surface area contributed by atoms with Gasteiger partial charge in [-0.3, -0.25) is 24.8 Å². The maximum atomic E-state index is 12.7. The zero-order valence-corrected chi connectivity index (χ0v) is 12.0. The number of rotatable bonds is 2. The maximum absolute atomic E-state index is 12.7. The Morgan fingerprint density at radius 3 is 2.73 bits per heavy atom. The molecule has 4 atom stereocenters. The highest BCUT2D eigenvalue weighted by Crippen LogP contribution is 2.60. The molecule has 3 aliphatic rings. The van der Waals surface area contributed by atoms with E-state index in [0.29, 0.717) is 5.56 Å². The van der Waals surface area contributed by atoms with E-state index in [1.54, 1.807) is 0 Å². The number of allylic oxidation sites excluding steroid dienone is 2. The fourth-order valence-electron chi connectivity index (χ4n) is 4.08. The molecule has 22 heavy (non-hydrogen) atoms. The number of hydrogen-bond acceptors (Lipinski definition) is 4. The van der Waals surface area contributed by atoms with Gasteiger partial charge in [0.15, 0.2) is 0 Å². The van der Waals surface area contributed by atoms with Gasteiger partial charge in [-0.2, -0.15) is 5.01 Å². The number of carbonyl (C=O) groups excluding carboxylic acids is 3. The molecular weight excluding hydrogens is 282 g/mol. The quantitative estimate of drug-likeness (QED) is 0.650. The topological polar surface area (TPSA) is 79.4 Å². The van der Waals surface area contributed by atoms with Gasteiger partial charge in [-0.15, -0.1) is 0 Å². The molecule has 2 heterocycles. The fourth-order valence-corrected chi connectivity index (χ4v) is 4.08. The Hall–Kier alpha value is -2.50. The minimum Gasteiger partial charge on any atom is -0.272 e. The summed E-state index contributed by atoms with van der Waals surface area (Å²) in [6.45, 7) is 1.84. The lowest BCUT2D eigenvalue weighted by atomic mass is 9.71. The van der Waals surface area contributed by atoms with E-state index in [0.717, 1.165) is 11.4 Å². The number of pyridine rings is 1. The van der Waals surface area contributed by atoms with E-state index in [1.807, 2.05) is 19.1 Å². The van der Waals surface area contributed by atoms with Gasteiger partial charge in [-0.05, 0) is 37.3 Å². The summed E-state index contributed by atoms with van der Waals surface area (Å²) in [7, 11) is 0. The molecule has 2 bridgehead atoms. The minimum atomic E-state index is -0.720. The third kappa shape index (κ3) is 1.49. The molecule has 112 valence electrons. The molecule has 6 heteroatoms. The molecule has 1 N–H and O–H groups in total. The van der Waals surface area contributed by atoms with Gasteiger partial charge in [-0.1, -0.05) is 12.2 Å². The van der Waals surface area contributed by atoms with Crippen molar-refractivity contribution < 1.29 is 14.4 Å². The number of nitrogens with one attached hydrogen (secondary N) is 1. The SMILES string of the molecule is C[C@@]12C(=O)N(NC(=O)c3ccncc3)C(=O)[C@H]1[C@H]1C=C[C@@H]2C1. The zero-order valence-electron chi connectivity index (χ0n) is 12.0. The van der Waals surface area contributed by atoms with Crippen molar-refractivity contribution in [2.75, 3.05) is 0 Å². The van der Waals surface area contributed by atoms with E-state index in [1.165, 1.54) is 24.5 Å². The second-order valence-corrected chi connectivity index (χ2v) is 6.31. The van der Waals surface area contributed by atoms with Crippen LogP contribution in [-0.2, 0) is 9.59 Å². The van der Waals surface area contributed by atoms with E-state index >= 15 is 0 Å². The van der Waals surface area contributed by atoms with Crippen LogP contribution in [0, 0.1) is 23.2 Å². The third-order valence-electron chi connectivity index (χ3n) is 5.27. The van der Waals surface area contributed by atoms with Crippen LogP contribution < -0.4 is 5.43 Å². The summed E-state index contributed by atoms with van der Waals surface area (Å²) >= 11 is 0. The molecule has 0 spiro atoms. The number of amides is 3. The van der Waals surface area contributed by atoms with Crippen molar-refractivity contribution in [3.63, 3.8) is 0 Å². The predicted molar refractivity (Wildman–Crippen MR) is 75.9 cm³/mol. The molecule has 2 aliphatic carbocycles. The maximum Gasteiger partial charge on any atom is 0.270 e. The highest BCUT2D eigenvalue weighted by molar-refractivity contribution is 6.10. The number of hydrogen-bond donors (Lipinski definition) is 1. The molecule has 0 radical (unpaired) electrons. The van der Waals surface area contributed by atoms with Crippen LogP contribution in [0.5, 0.6) is 0 Å². The second-order valence-electron chi connectivity index (χ2n) is 6.31. The predicted octanol–water partition coefficient (Wildman–Crippen LogP) is 0.924. The highest BCUT2D eigenvalue weighted by Gasteiger charge is 2.67. The Morgan fingerprint density at radius 1 is 1.32 bits per heavy atom. The Labute approximate surface area is 127 Å². The van der Waals surface area contributed by atoms with Crippen LogP contribution in [0.25, 0.3) is 0 Å². The third-order valence-corrected chi connectivity index (χ3v) is 5.27. The largest absolute Gasteiger partial charge is 0.272 e. The number of fused-ring (bicyclic) bond motifs is 5. The van der Waals surface area contributed by atoms with Gasteiger partial charge < -0.3 is 0 Å². The van der Waals surface area contributed by atoms with Crippen molar-refractivity contribution in [3.8, 4) is 0 Å². The van der Waals surface area contributed by atoms with Gasteiger partial charge in [0.05, 0.1) is 11.3 Å². The van der Waals surface area contributed by atoms with Crippen LogP contribution in [0.1, 0.15) is 23.7 Å². The normalized spacial score (nSPS) is 35.1. The first-order valence-electron chi connectivity index (χ1n) is 7.31. The van der Waals surface area contributed by atoms with Gasteiger partial charge in [0.1, 0.15) is 0 Å². The number of aromatic nitrogens is 1. The lowest BCUT2D eigenvalue weighted by Crippen LogP contribution is -2.48. The van der Waals surface area contributed by atoms with Gasteiger partial charge in [0.2, 0.25) is 0 Å². The van der Waals surface area contributed by atoms with Crippen LogP contribution in [0.2, 0.25) is 0 Å². The average Bonchev–Trinajstić information content (AvgIpc) is 3.16. The van der Waals surface area contributed by atoms with Crippen molar-refractivity contribution in [2.45, 2.75) is 13.3 Å². The van der Waals surface area contributed by atoms with Gasteiger partial charge in [0, 0.05) is 18.0 Å². The Kier molecular flexibility index (Phi) is 2.55. The molecule has 0 aromatic carbocycles. The Balaban J connectivity index is 1.61. The van der Waals surface area contributed by atoms with Crippen LogP contribution in [-0.4, -0.2) is 27.7 Å². The lowest BCUT2D eigenvalue weighted by molar-refractivity contribution is -0.145. The number of nitrogens with zero attached hydrogens (tertiary/aromatic N) is 2. The minimum absolute atomic E-state index is 0.0850. The van der Waals surface area contributed by atoms with Crippen LogP contribution in [0.3, 0.4) is 0 Å². The molecule has 4 rings (SSSR count). The lowest BCUT2D eigenvalue weighted by Gasteiger charge is -2.28. The van der Waals surface area contributed by atoms with Crippen LogP contribution in [0.15, 0.2) is 36.7 Å². The molecule has 1 aliphatic heterocycles. The molecule has 1 aromatic rings. The standard InChI is InChI=1S/C16H15N3O3/c1-16-11-3-2-10(8-11)12(16)14(21)19(15(16)22)18-13(20)9-4-6-17-7-5-9/h2-7,10-12H,8H2,1H3,(H,18,20)/t10-,11+,12+,16-/m0/s1. The van der Waals surface area contributed by atoms with Crippen molar-refractivity contribution in [1.29, 1.82) is 0 Å². The summed E-state index contributed by atoms with van der Waals surface area (Å²) in [5.41, 5.74) is 2.10. The molecular formula is C16H15N3O3. The first-order valence-corrected chi connectivity index (χ1v) is 7.31. The zero-order chi connectivity index (χ0) is 15.5. The molecule has 1 aromatic heterocycles. The van der Waals surface area contributed by atoms with Crippen LogP contribution in [0.4, 0.5) is 0 Å². The summed E-state index contributed by atoms with van der Waals surface area (Å²) < 4.78 is 0. The van der Waals surface area contributed by atoms with E-state index < -0.39 is 11.3 Å². The van der Waals surface area contributed by atoms with Crippen molar-refractivity contribution in [2.24, 2.45) is 23.2 Å². The van der Waals surface area contributed by atoms with Gasteiger partial charge in [-0.25, -0.2) is 0 Å². The van der Waals surface area contributed by atoms with Crippen molar-refractivity contribution >= 4 is 17.7 Å². The number of carbonyl (C=O) groups is 3. The fraction of sp³-hybridized carbons (Fsp3) is 0.375. The van der Waals surface area contributed by atoms with E-state index in [2.05, 4.69) is 10.4 Å². The average molecular weight is 297 g/mol. The Morgan fingerprint density at radius 2 is 2.05 bits per heavy atom. The summed E-state index contributed by atoms with van der Waals surface area (Å²) in [5, 5.41) is 0.916.